The molecular weight excluding hydrogens is 310 g/mol. The van der Waals surface area contributed by atoms with Gasteiger partial charge in [0.15, 0.2) is 5.69 Å². The number of hydrogen-bond acceptors (Lipinski definition) is 4. The second kappa shape index (κ2) is 5.76. The van der Waals surface area contributed by atoms with Gasteiger partial charge < -0.3 is 15.6 Å². The maximum Gasteiger partial charge on any atom is 0.574 e. The molecule has 0 saturated carbocycles. The predicted molar refractivity (Wildman–Crippen MR) is 55.2 cm³/mol. The molecule has 0 unspecified atom stereocenters. The molecule has 118 valence electrons. The van der Waals surface area contributed by atoms with Crippen molar-refractivity contribution in [2.24, 2.45) is 5.73 Å². The highest BCUT2D eigenvalue weighted by atomic mass is 19.4. The number of alkyl halides is 6. The first-order chi connectivity index (χ1) is 9.44. The smallest absolute Gasteiger partial charge is 0.481 e. The first kappa shape index (κ1) is 17.0. The molecule has 0 aliphatic rings. The van der Waals surface area contributed by atoms with E-state index in [1.807, 2.05) is 0 Å². The molecule has 0 radical (unpaired) electrons. The molecular formula is C10H8F6N2O3. The molecule has 0 bridgehead atoms. The van der Waals surface area contributed by atoms with Gasteiger partial charge in [0.05, 0.1) is 6.42 Å². The van der Waals surface area contributed by atoms with Crippen molar-refractivity contribution in [1.29, 1.82) is 0 Å². The number of rotatable bonds is 4. The molecule has 0 amide bonds. The summed E-state index contributed by atoms with van der Waals surface area (Å²) in [5, 5.41) is 8.59. The Hall–Kier alpha value is -2.04. The lowest BCUT2D eigenvalue weighted by Gasteiger charge is -2.17. The molecule has 1 aromatic rings. The maximum atomic E-state index is 12.8. The fraction of sp³-hybridized carbons (Fsp3) is 0.400. The molecule has 0 fully saturated rings. The Bertz CT molecular complexity index is 541. The number of carboxylic acids is 1. The number of aromatic nitrogens is 1. The van der Waals surface area contributed by atoms with Gasteiger partial charge in [-0.25, -0.2) is 4.98 Å². The van der Waals surface area contributed by atoms with Crippen LogP contribution in [0.5, 0.6) is 5.88 Å². The third kappa shape index (κ3) is 4.77. The number of aliphatic carboxylic acids is 1. The number of nitrogens with zero attached hydrogens (tertiary/aromatic N) is 1. The minimum Gasteiger partial charge on any atom is -0.481 e. The number of pyridine rings is 1. The standard InChI is InChI=1S/C10H8F6N2O3/c11-9(12,13)8-5(2-7(19)20)4(3-17)1-6(18-8)21-10(14,15)16/h1H,2-3,17H2,(H,19,20). The monoisotopic (exact) mass is 318 g/mol. The van der Waals surface area contributed by atoms with Gasteiger partial charge in [-0.2, -0.15) is 13.2 Å². The van der Waals surface area contributed by atoms with Gasteiger partial charge in [-0.3, -0.25) is 4.79 Å². The average Bonchev–Trinajstić information content (AvgIpc) is 2.26. The minimum absolute atomic E-state index is 0.445. The maximum absolute atomic E-state index is 12.8. The average molecular weight is 318 g/mol. The van der Waals surface area contributed by atoms with Crippen LogP contribution in [0.1, 0.15) is 16.8 Å². The zero-order valence-corrected chi connectivity index (χ0v) is 10.0. The normalized spacial score (nSPS) is 12.3. The van der Waals surface area contributed by atoms with Crippen molar-refractivity contribution in [3.8, 4) is 5.88 Å². The van der Waals surface area contributed by atoms with Crippen molar-refractivity contribution in [3.05, 3.63) is 22.9 Å². The summed E-state index contributed by atoms with van der Waals surface area (Å²) in [6.07, 6.45) is -11.5. The van der Waals surface area contributed by atoms with Gasteiger partial charge in [-0.1, -0.05) is 0 Å². The molecule has 1 heterocycles. The quantitative estimate of drug-likeness (QED) is 0.830. The van der Waals surface area contributed by atoms with Crippen molar-refractivity contribution in [2.45, 2.75) is 25.5 Å². The Labute approximate surface area is 113 Å². The van der Waals surface area contributed by atoms with Crippen molar-refractivity contribution >= 4 is 5.97 Å². The van der Waals surface area contributed by atoms with Crippen LogP contribution in [0.15, 0.2) is 6.07 Å². The topological polar surface area (TPSA) is 85.4 Å². The van der Waals surface area contributed by atoms with Crippen molar-refractivity contribution in [2.75, 3.05) is 0 Å². The molecule has 1 rings (SSSR count). The van der Waals surface area contributed by atoms with E-state index in [4.69, 9.17) is 10.8 Å². The molecule has 5 nitrogen and oxygen atoms in total. The fourth-order valence-electron chi connectivity index (χ4n) is 1.53. The van der Waals surface area contributed by atoms with E-state index in [0.717, 1.165) is 0 Å². The summed E-state index contributed by atoms with van der Waals surface area (Å²) in [6.45, 7) is -0.609. The molecule has 0 aromatic carbocycles. The predicted octanol–water partition coefficient (Wildman–Crippen LogP) is 2.08. The number of nitrogens with two attached hydrogens (primary N) is 1. The van der Waals surface area contributed by atoms with Gasteiger partial charge in [-0.15, -0.1) is 13.2 Å². The first-order valence-electron chi connectivity index (χ1n) is 5.21. The summed E-state index contributed by atoms with van der Waals surface area (Å²) in [5.74, 6) is -2.97. The molecule has 0 aliphatic carbocycles. The zero-order chi connectivity index (χ0) is 16.4. The molecule has 0 aliphatic heterocycles. The Morgan fingerprint density at radius 3 is 2.24 bits per heavy atom. The van der Waals surface area contributed by atoms with Gasteiger partial charge in [0, 0.05) is 12.6 Å². The van der Waals surface area contributed by atoms with E-state index in [9.17, 15) is 31.1 Å². The summed E-state index contributed by atoms with van der Waals surface area (Å²) < 4.78 is 77.9. The van der Waals surface area contributed by atoms with Gasteiger partial charge >= 0.3 is 18.5 Å². The van der Waals surface area contributed by atoms with Crippen LogP contribution in [0.2, 0.25) is 0 Å². The molecule has 1 aromatic heterocycles. The highest BCUT2D eigenvalue weighted by Crippen LogP contribution is 2.35. The largest absolute Gasteiger partial charge is 0.574 e. The van der Waals surface area contributed by atoms with Gasteiger partial charge in [0.25, 0.3) is 0 Å². The minimum atomic E-state index is -5.24. The van der Waals surface area contributed by atoms with E-state index < -0.39 is 54.2 Å². The van der Waals surface area contributed by atoms with Crippen LogP contribution in [0.25, 0.3) is 0 Å². The number of carboxylic acid groups (broad SMARTS) is 1. The second-order valence-corrected chi connectivity index (χ2v) is 3.77. The summed E-state index contributed by atoms with van der Waals surface area (Å²) >= 11 is 0. The Morgan fingerprint density at radius 1 is 1.29 bits per heavy atom. The van der Waals surface area contributed by atoms with Gasteiger partial charge in [0.1, 0.15) is 0 Å². The van der Waals surface area contributed by atoms with Crippen molar-refractivity contribution in [1.82, 2.24) is 4.98 Å². The van der Waals surface area contributed by atoms with E-state index in [1.54, 1.807) is 0 Å². The molecule has 0 atom stereocenters. The molecule has 0 saturated heterocycles. The lowest BCUT2D eigenvalue weighted by Crippen LogP contribution is -2.22. The number of carbonyl (C=O) groups is 1. The highest BCUT2D eigenvalue weighted by molar-refractivity contribution is 5.71. The third-order valence-corrected chi connectivity index (χ3v) is 2.23. The highest BCUT2D eigenvalue weighted by Gasteiger charge is 2.39. The van der Waals surface area contributed by atoms with Crippen LogP contribution in [0, 0.1) is 0 Å². The van der Waals surface area contributed by atoms with E-state index in [0.29, 0.717) is 6.07 Å². The van der Waals surface area contributed by atoms with E-state index in [2.05, 4.69) is 9.72 Å². The summed E-state index contributed by atoms with van der Waals surface area (Å²) in [5.41, 5.74) is 2.13. The van der Waals surface area contributed by atoms with E-state index in [1.165, 1.54) is 0 Å². The second-order valence-electron chi connectivity index (χ2n) is 3.77. The van der Waals surface area contributed by atoms with Crippen LogP contribution in [0.3, 0.4) is 0 Å². The van der Waals surface area contributed by atoms with Crippen LogP contribution >= 0.6 is 0 Å². The first-order valence-corrected chi connectivity index (χ1v) is 5.21. The molecule has 11 heteroatoms. The zero-order valence-electron chi connectivity index (χ0n) is 10.0. The summed E-state index contributed by atoms with van der Waals surface area (Å²) in [4.78, 5) is 13.3. The Kier molecular flexibility index (Phi) is 4.66. The van der Waals surface area contributed by atoms with Crippen molar-refractivity contribution < 1.29 is 41.0 Å². The molecule has 0 spiro atoms. The van der Waals surface area contributed by atoms with E-state index in [-0.39, 0.29) is 0 Å². The SMILES string of the molecule is NCc1cc(OC(F)(F)F)nc(C(F)(F)F)c1CC(=O)O. The molecule has 3 N–H and O–H groups in total. The van der Waals surface area contributed by atoms with Crippen LogP contribution in [0.4, 0.5) is 26.3 Å². The lowest BCUT2D eigenvalue weighted by atomic mass is 10.0. The van der Waals surface area contributed by atoms with Crippen LogP contribution in [-0.2, 0) is 23.9 Å². The summed E-state index contributed by atoms with van der Waals surface area (Å²) in [6, 6.07) is 0.529. The van der Waals surface area contributed by atoms with Crippen LogP contribution < -0.4 is 10.5 Å². The molecule has 21 heavy (non-hydrogen) atoms. The third-order valence-electron chi connectivity index (χ3n) is 2.23. The number of halogens is 6. The Morgan fingerprint density at radius 2 is 1.86 bits per heavy atom. The summed E-state index contributed by atoms with van der Waals surface area (Å²) in [7, 11) is 0. The van der Waals surface area contributed by atoms with Gasteiger partial charge in [-0.05, 0) is 11.1 Å². The van der Waals surface area contributed by atoms with Gasteiger partial charge in [0.2, 0.25) is 5.88 Å². The van der Waals surface area contributed by atoms with E-state index >= 15 is 0 Å². The lowest BCUT2D eigenvalue weighted by molar-refractivity contribution is -0.276. The fourth-order valence-corrected chi connectivity index (χ4v) is 1.53. The number of hydrogen-bond donors (Lipinski definition) is 2. The Balaban J connectivity index is 3.46. The number of ether oxygens (including phenoxy) is 1. The van der Waals surface area contributed by atoms with Crippen LogP contribution in [-0.4, -0.2) is 22.4 Å². The van der Waals surface area contributed by atoms with Crippen molar-refractivity contribution in [3.63, 3.8) is 0 Å².